The van der Waals surface area contributed by atoms with Gasteiger partial charge in [0.2, 0.25) is 0 Å². The van der Waals surface area contributed by atoms with Gasteiger partial charge in [0, 0.05) is 23.4 Å². The molecule has 0 saturated heterocycles. The summed E-state index contributed by atoms with van der Waals surface area (Å²) in [6.45, 7) is 1.32. The maximum atomic E-state index is 11.6. The molecule has 0 aliphatic rings. The van der Waals surface area contributed by atoms with E-state index in [4.69, 9.17) is 9.84 Å². The largest absolute Gasteiger partial charge is 0.490 e. The van der Waals surface area contributed by atoms with Crippen molar-refractivity contribution >= 4 is 23.3 Å². The zero-order valence-electron chi connectivity index (χ0n) is 10.7. The number of amides is 1. The summed E-state index contributed by atoms with van der Waals surface area (Å²) >= 11 is 0. The molecule has 0 radical (unpaired) electrons. The van der Waals surface area contributed by atoms with Crippen molar-refractivity contribution in [2.75, 3.05) is 12.4 Å². The molecule has 0 aromatic heterocycles. The van der Waals surface area contributed by atoms with Gasteiger partial charge in [0.05, 0.1) is 12.0 Å². The van der Waals surface area contributed by atoms with Crippen LogP contribution in [-0.4, -0.2) is 29.0 Å². The number of hydrogen-bond donors (Lipinski definition) is 2. The third kappa shape index (κ3) is 3.80. The number of carboxylic acid groups (broad SMARTS) is 1. The molecule has 1 aromatic rings. The van der Waals surface area contributed by atoms with Crippen LogP contribution in [0.5, 0.6) is 5.75 Å². The third-order valence-electron chi connectivity index (χ3n) is 2.33. The fraction of sp³-hybridized carbons (Fsp3) is 0.167. The molecule has 0 aliphatic heterocycles. The summed E-state index contributed by atoms with van der Waals surface area (Å²) in [7, 11) is 1.29. The Hall–Kier alpha value is -2.90. The van der Waals surface area contributed by atoms with E-state index in [1.54, 1.807) is 0 Å². The number of aliphatic carboxylic acids is 1. The van der Waals surface area contributed by atoms with E-state index < -0.39 is 16.8 Å². The van der Waals surface area contributed by atoms with E-state index in [1.165, 1.54) is 26.2 Å². The molecule has 0 heterocycles. The lowest BCUT2D eigenvalue weighted by atomic mass is 10.2. The van der Waals surface area contributed by atoms with Gasteiger partial charge in [0.1, 0.15) is 0 Å². The Morgan fingerprint density at radius 2 is 2.10 bits per heavy atom. The van der Waals surface area contributed by atoms with Crippen LogP contribution in [0.15, 0.2) is 29.8 Å². The lowest BCUT2D eigenvalue weighted by Crippen LogP contribution is -2.14. The highest BCUT2D eigenvalue weighted by Gasteiger charge is 2.16. The topological polar surface area (TPSA) is 119 Å². The van der Waals surface area contributed by atoms with Crippen LogP contribution in [0, 0.1) is 10.1 Å². The summed E-state index contributed by atoms with van der Waals surface area (Å²) in [5.74, 6) is -1.85. The molecule has 8 nitrogen and oxygen atoms in total. The number of nitro groups is 1. The van der Waals surface area contributed by atoms with Crippen molar-refractivity contribution in [2.45, 2.75) is 6.92 Å². The summed E-state index contributed by atoms with van der Waals surface area (Å²) in [6.07, 6.45) is 0.743. The average molecular weight is 280 g/mol. The predicted octanol–water partition coefficient (Wildman–Crippen LogP) is 1.57. The normalized spacial score (nSPS) is 10.8. The second-order valence-electron chi connectivity index (χ2n) is 3.76. The van der Waals surface area contributed by atoms with Gasteiger partial charge in [-0.1, -0.05) is 0 Å². The summed E-state index contributed by atoms with van der Waals surface area (Å²) in [4.78, 5) is 32.2. The molecule has 1 aromatic carbocycles. The molecule has 1 amide bonds. The SMILES string of the molecule is COc1ccc(NC(=O)/C(C)=C\C(=O)O)cc1[N+](=O)[O-]. The van der Waals surface area contributed by atoms with E-state index in [1.807, 2.05) is 0 Å². The molecule has 0 aliphatic carbocycles. The van der Waals surface area contributed by atoms with Crippen LogP contribution in [-0.2, 0) is 9.59 Å². The number of nitrogens with one attached hydrogen (secondary N) is 1. The molecule has 0 atom stereocenters. The van der Waals surface area contributed by atoms with Gasteiger partial charge in [-0.2, -0.15) is 0 Å². The minimum atomic E-state index is -1.25. The molecule has 8 heteroatoms. The highest BCUT2D eigenvalue weighted by Crippen LogP contribution is 2.29. The number of nitrogens with zero attached hydrogens (tertiary/aromatic N) is 1. The highest BCUT2D eigenvalue weighted by atomic mass is 16.6. The number of carbonyl (C=O) groups is 2. The van der Waals surface area contributed by atoms with E-state index in [2.05, 4.69) is 5.32 Å². The predicted molar refractivity (Wildman–Crippen MR) is 69.7 cm³/mol. The number of nitro benzene ring substituents is 1. The Labute approximate surface area is 113 Å². The van der Waals surface area contributed by atoms with Crippen LogP contribution in [0.3, 0.4) is 0 Å². The number of carboxylic acids is 1. The Bertz CT molecular complexity index is 594. The van der Waals surface area contributed by atoms with Crippen molar-refractivity contribution in [3.8, 4) is 5.75 Å². The van der Waals surface area contributed by atoms with E-state index in [9.17, 15) is 19.7 Å². The molecule has 0 saturated carbocycles. The van der Waals surface area contributed by atoms with Gasteiger partial charge in [0.15, 0.2) is 5.75 Å². The van der Waals surface area contributed by atoms with E-state index in [0.29, 0.717) is 0 Å². The maximum absolute atomic E-state index is 11.6. The number of ether oxygens (including phenoxy) is 1. The van der Waals surface area contributed by atoms with E-state index >= 15 is 0 Å². The van der Waals surface area contributed by atoms with Crippen molar-refractivity contribution < 1.29 is 24.4 Å². The average Bonchev–Trinajstić information content (AvgIpc) is 2.37. The molecule has 0 spiro atoms. The van der Waals surface area contributed by atoms with Gasteiger partial charge < -0.3 is 15.2 Å². The number of anilines is 1. The minimum Gasteiger partial charge on any atom is -0.490 e. The van der Waals surface area contributed by atoms with Crippen LogP contribution in [0.25, 0.3) is 0 Å². The molecule has 106 valence electrons. The lowest BCUT2D eigenvalue weighted by Gasteiger charge is -2.07. The Morgan fingerprint density at radius 3 is 2.60 bits per heavy atom. The zero-order chi connectivity index (χ0) is 15.3. The Morgan fingerprint density at radius 1 is 1.45 bits per heavy atom. The van der Waals surface area contributed by atoms with Crippen molar-refractivity contribution in [3.63, 3.8) is 0 Å². The van der Waals surface area contributed by atoms with E-state index in [-0.39, 0.29) is 22.7 Å². The fourth-order valence-corrected chi connectivity index (χ4v) is 1.39. The highest BCUT2D eigenvalue weighted by molar-refractivity contribution is 6.06. The summed E-state index contributed by atoms with van der Waals surface area (Å²) in [5, 5.41) is 21.7. The maximum Gasteiger partial charge on any atom is 0.328 e. The zero-order valence-corrected chi connectivity index (χ0v) is 10.7. The van der Waals surface area contributed by atoms with Gasteiger partial charge >= 0.3 is 11.7 Å². The summed E-state index contributed by atoms with van der Waals surface area (Å²) in [6, 6.07) is 3.88. The molecule has 1 rings (SSSR count). The van der Waals surface area contributed by atoms with Crippen LogP contribution >= 0.6 is 0 Å². The monoisotopic (exact) mass is 280 g/mol. The van der Waals surface area contributed by atoms with Gasteiger partial charge in [-0.25, -0.2) is 4.79 Å². The number of carbonyl (C=O) groups excluding carboxylic acids is 1. The number of benzene rings is 1. The second-order valence-corrected chi connectivity index (χ2v) is 3.76. The summed E-state index contributed by atoms with van der Waals surface area (Å²) < 4.78 is 4.82. The van der Waals surface area contributed by atoms with Crippen LogP contribution in [0.2, 0.25) is 0 Å². The number of hydrogen-bond acceptors (Lipinski definition) is 5. The van der Waals surface area contributed by atoms with Crippen molar-refractivity contribution in [1.82, 2.24) is 0 Å². The molecule has 0 bridgehead atoms. The first-order valence-corrected chi connectivity index (χ1v) is 5.40. The number of methoxy groups -OCH3 is 1. The molecule has 20 heavy (non-hydrogen) atoms. The molecule has 0 unspecified atom stereocenters. The van der Waals surface area contributed by atoms with Crippen molar-refractivity contribution in [1.29, 1.82) is 0 Å². The quantitative estimate of drug-likeness (QED) is 0.480. The first kappa shape index (κ1) is 15.2. The molecular weight excluding hydrogens is 268 g/mol. The van der Waals surface area contributed by atoms with Crippen LogP contribution in [0.4, 0.5) is 11.4 Å². The van der Waals surface area contributed by atoms with E-state index in [0.717, 1.165) is 12.1 Å². The first-order chi connectivity index (χ1) is 9.35. The van der Waals surface area contributed by atoms with Crippen molar-refractivity contribution in [3.05, 3.63) is 40.0 Å². The fourth-order valence-electron chi connectivity index (χ4n) is 1.39. The van der Waals surface area contributed by atoms with Gasteiger partial charge in [-0.05, 0) is 19.1 Å². The van der Waals surface area contributed by atoms with Gasteiger partial charge in [-0.3, -0.25) is 14.9 Å². The van der Waals surface area contributed by atoms with Crippen LogP contribution in [0.1, 0.15) is 6.92 Å². The molecule has 2 N–H and O–H groups in total. The Balaban J connectivity index is 2.99. The smallest absolute Gasteiger partial charge is 0.328 e. The molecular formula is C12H12N2O6. The molecule has 0 fully saturated rings. The standard InChI is InChI=1S/C12H12N2O6/c1-7(5-11(15)16)12(17)13-8-3-4-10(20-2)9(6-8)14(18)19/h3-6H,1-2H3,(H,13,17)(H,15,16)/b7-5-. The summed E-state index contributed by atoms with van der Waals surface area (Å²) in [5.41, 5.74) is -0.165. The lowest BCUT2D eigenvalue weighted by molar-refractivity contribution is -0.385. The van der Waals surface area contributed by atoms with Gasteiger partial charge in [-0.15, -0.1) is 0 Å². The minimum absolute atomic E-state index is 0.0315. The van der Waals surface area contributed by atoms with Crippen molar-refractivity contribution in [2.24, 2.45) is 0 Å². The second kappa shape index (κ2) is 6.32. The Kier molecular flexibility index (Phi) is 4.79. The number of rotatable bonds is 5. The van der Waals surface area contributed by atoms with Crippen LogP contribution < -0.4 is 10.1 Å². The van der Waals surface area contributed by atoms with Gasteiger partial charge in [0.25, 0.3) is 5.91 Å². The third-order valence-corrected chi connectivity index (χ3v) is 2.33. The first-order valence-electron chi connectivity index (χ1n) is 5.40.